The van der Waals surface area contributed by atoms with E-state index in [1.54, 1.807) is 6.20 Å². The Morgan fingerprint density at radius 3 is 2.88 bits per heavy atom. The molecule has 0 bridgehead atoms. The minimum Gasteiger partial charge on any atom is -0.361 e. The summed E-state index contributed by atoms with van der Waals surface area (Å²) in [6.45, 7) is 3.38. The van der Waals surface area contributed by atoms with Gasteiger partial charge in [0.2, 0.25) is 0 Å². The van der Waals surface area contributed by atoms with E-state index in [1.165, 1.54) is 0 Å². The second-order valence-corrected chi connectivity index (χ2v) is 4.63. The minimum atomic E-state index is 0.746. The summed E-state index contributed by atoms with van der Waals surface area (Å²) in [5.41, 5.74) is 0.936. The number of nitrogens with zero attached hydrogens (tertiary/aromatic N) is 3. The van der Waals surface area contributed by atoms with E-state index in [0.717, 1.165) is 35.0 Å². The number of H-pyrrole nitrogens is 1. The number of hydrogen-bond acceptors (Lipinski definition) is 4. The second-order valence-electron chi connectivity index (χ2n) is 3.78. The molecule has 2 aromatic heterocycles. The van der Waals surface area contributed by atoms with Crippen LogP contribution in [-0.2, 0) is 13.1 Å². The molecule has 0 aliphatic heterocycles. The van der Waals surface area contributed by atoms with Gasteiger partial charge < -0.3 is 9.51 Å². The lowest BCUT2D eigenvalue weighted by molar-refractivity contribution is 0.296. The predicted octanol–water partition coefficient (Wildman–Crippen LogP) is 2.10. The predicted molar refractivity (Wildman–Crippen MR) is 62.7 cm³/mol. The highest BCUT2D eigenvalue weighted by Crippen LogP contribution is 2.09. The lowest BCUT2D eigenvalue weighted by Gasteiger charge is -2.12. The SMILES string of the molecule is Cc1cc(CN(C)Cc2ncc(Br)[nH]2)no1. The van der Waals surface area contributed by atoms with Gasteiger partial charge in [-0.05, 0) is 29.9 Å². The summed E-state index contributed by atoms with van der Waals surface area (Å²) >= 11 is 3.33. The summed E-state index contributed by atoms with van der Waals surface area (Å²) in [6, 6.07) is 1.94. The van der Waals surface area contributed by atoms with Crippen molar-refractivity contribution in [2.75, 3.05) is 7.05 Å². The van der Waals surface area contributed by atoms with Crippen LogP contribution >= 0.6 is 15.9 Å². The minimum absolute atomic E-state index is 0.746. The van der Waals surface area contributed by atoms with Gasteiger partial charge >= 0.3 is 0 Å². The van der Waals surface area contributed by atoms with Crippen LogP contribution in [0.3, 0.4) is 0 Å². The first-order valence-corrected chi connectivity index (χ1v) is 5.73. The Hall–Kier alpha value is -1.14. The highest BCUT2D eigenvalue weighted by Gasteiger charge is 2.07. The lowest BCUT2D eigenvalue weighted by atomic mass is 10.3. The lowest BCUT2D eigenvalue weighted by Crippen LogP contribution is -2.18. The first-order chi connectivity index (χ1) is 7.63. The van der Waals surface area contributed by atoms with Crippen molar-refractivity contribution in [3.8, 4) is 0 Å². The van der Waals surface area contributed by atoms with Crippen LogP contribution < -0.4 is 0 Å². The van der Waals surface area contributed by atoms with E-state index in [4.69, 9.17) is 4.52 Å². The van der Waals surface area contributed by atoms with Gasteiger partial charge in [0, 0.05) is 12.6 Å². The van der Waals surface area contributed by atoms with Crippen LogP contribution in [0.4, 0.5) is 0 Å². The molecule has 0 amide bonds. The third-order valence-electron chi connectivity index (χ3n) is 2.13. The van der Waals surface area contributed by atoms with E-state index in [2.05, 4.69) is 36.0 Å². The Labute approximate surface area is 102 Å². The fourth-order valence-corrected chi connectivity index (χ4v) is 1.83. The van der Waals surface area contributed by atoms with Crippen molar-refractivity contribution in [3.63, 3.8) is 0 Å². The van der Waals surface area contributed by atoms with Crippen LogP contribution in [-0.4, -0.2) is 27.1 Å². The first-order valence-electron chi connectivity index (χ1n) is 4.93. The van der Waals surface area contributed by atoms with Crippen molar-refractivity contribution in [1.29, 1.82) is 0 Å². The molecule has 0 aliphatic rings. The van der Waals surface area contributed by atoms with E-state index in [-0.39, 0.29) is 0 Å². The van der Waals surface area contributed by atoms with Crippen molar-refractivity contribution in [1.82, 2.24) is 20.0 Å². The summed E-state index contributed by atoms with van der Waals surface area (Å²) in [5.74, 6) is 1.76. The molecule has 2 heterocycles. The van der Waals surface area contributed by atoms with Gasteiger partial charge in [-0.15, -0.1) is 0 Å². The molecule has 2 aromatic rings. The summed E-state index contributed by atoms with van der Waals surface area (Å²) in [6.07, 6.45) is 1.75. The van der Waals surface area contributed by atoms with Gasteiger partial charge in [0.1, 0.15) is 16.2 Å². The quantitative estimate of drug-likeness (QED) is 0.934. The molecule has 0 spiro atoms. The average Bonchev–Trinajstić information content (AvgIpc) is 2.76. The normalized spacial score (nSPS) is 11.2. The molecule has 0 fully saturated rings. The number of rotatable bonds is 4. The highest BCUT2D eigenvalue weighted by molar-refractivity contribution is 9.10. The number of aromatic nitrogens is 3. The van der Waals surface area contributed by atoms with E-state index in [1.807, 2.05) is 20.0 Å². The molecule has 0 saturated carbocycles. The fraction of sp³-hybridized carbons (Fsp3) is 0.400. The van der Waals surface area contributed by atoms with Crippen molar-refractivity contribution in [2.24, 2.45) is 0 Å². The standard InChI is InChI=1S/C10H13BrN4O/c1-7-3-8(14-16-7)5-15(2)6-10-12-4-9(11)13-10/h3-4H,5-6H2,1-2H3,(H,12,13). The van der Waals surface area contributed by atoms with Crippen LogP contribution in [0.15, 0.2) is 21.4 Å². The van der Waals surface area contributed by atoms with Crippen LogP contribution in [0.5, 0.6) is 0 Å². The molecular formula is C10H13BrN4O. The Morgan fingerprint density at radius 1 is 1.50 bits per heavy atom. The zero-order valence-corrected chi connectivity index (χ0v) is 10.8. The van der Waals surface area contributed by atoms with E-state index >= 15 is 0 Å². The van der Waals surface area contributed by atoms with E-state index in [0.29, 0.717) is 0 Å². The first kappa shape index (κ1) is 11.3. The zero-order valence-electron chi connectivity index (χ0n) is 9.20. The topological polar surface area (TPSA) is 58.0 Å². The third kappa shape index (κ3) is 2.93. The molecule has 0 aliphatic carbocycles. The van der Waals surface area contributed by atoms with E-state index < -0.39 is 0 Å². The number of nitrogens with one attached hydrogen (secondary N) is 1. The van der Waals surface area contributed by atoms with Crippen LogP contribution in [0, 0.1) is 6.92 Å². The van der Waals surface area contributed by atoms with Gasteiger partial charge in [0.25, 0.3) is 0 Å². The molecule has 6 heteroatoms. The molecule has 5 nitrogen and oxygen atoms in total. The van der Waals surface area contributed by atoms with Crippen molar-refractivity contribution in [3.05, 3.63) is 34.1 Å². The number of aromatic amines is 1. The van der Waals surface area contributed by atoms with Crippen LogP contribution in [0.1, 0.15) is 17.3 Å². The Kier molecular flexibility index (Phi) is 3.40. The van der Waals surface area contributed by atoms with Gasteiger partial charge in [-0.2, -0.15) is 0 Å². The Morgan fingerprint density at radius 2 is 2.31 bits per heavy atom. The molecule has 0 radical (unpaired) electrons. The van der Waals surface area contributed by atoms with Crippen LogP contribution in [0.2, 0.25) is 0 Å². The molecular weight excluding hydrogens is 272 g/mol. The van der Waals surface area contributed by atoms with Crippen molar-refractivity contribution >= 4 is 15.9 Å². The third-order valence-corrected chi connectivity index (χ3v) is 2.53. The maximum Gasteiger partial charge on any atom is 0.133 e. The van der Waals surface area contributed by atoms with E-state index in [9.17, 15) is 0 Å². The zero-order chi connectivity index (χ0) is 11.5. The van der Waals surface area contributed by atoms with Crippen molar-refractivity contribution < 1.29 is 4.52 Å². The number of hydrogen-bond donors (Lipinski definition) is 1. The van der Waals surface area contributed by atoms with Gasteiger partial charge in [-0.25, -0.2) is 4.98 Å². The smallest absolute Gasteiger partial charge is 0.133 e. The van der Waals surface area contributed by atoms with Gasteiger partial charge in [0.15, 0.2) is 0 Å². The van der Waals surface area contributed by atoms with Crippen LogP contribution in [0.25, 0.3) is 0 Å². The Balaban J connectivity index is 1.91. The van der Waals surface area contributed by atoms with Crippen molar-refractivity contribution in [2.45, 2.75) is 20.0 Å². The monoisotopic (exact) mass is 284 g/mol. The maximum atomic E-state index is 5.01. The Bertz CT molecular complexity index is 423. The van der Waals surface area contributed by atoms with Gasteiger partial charge in [0.05, 0.1) is 18.4 Å². The molecule has 0 aromatic carbocycles. The second kappa shape index (κ2) is 4.80. The molecule has 2 rings (SSSR count). The maximum absolute atomic E-state index is 5.01. The average molecular weight is 285 g/mol. The fourth-order valence-electron chi connectivity index (χ4n) is 1.50. The molecule has 0 unspecified atom stereocenters. The molecule has 0 saturated heterocycles. The van der Waals surface area contributed by atoms with Gasteiger partial charge in [-0.3, -0.25) is 4.90 Å². The number of halogens is 1. The molecule has 86 valence electrons. The molecule has 0 atom stereocenters. The summed E-state index contributed by atoms with van der Waals surface area (Å²) in [5, 5.41) is 3.95. The van der Waals surface area contributed by atoms with Gasteiger partial charge in [-0.1, -0.05) is 5.16 Å². The summed E-state index contributed by atoms with van der Waals surface area (Å²) in [7, 11) is 2.01. The highest BCUT2D eigenvalue weighted by atomic mass is 79.9. The molecule has 1 N–H and O–H groups in total. The number of imidazole rings is 1. The summed E-state index contributed by atoms with van der Waals surface area (Å²) in [4.78, 5) is 9.45. The summed E-state index contributed by atoms with van der Waals surface area (Å²) < 4.78 is 5.91. The molecule has 16 heavy (non-hydrogen) atoms. The largest absolute Gasteiger partial charge is 0.361 e. The number of aryl methyl sites for hydroxylation is 1.